The Hall–Kier alpha value is -0.110. The van der Waals surface area contributed by atoms with Crippen molar-refractivity contribution in [3.05, 3.63) is 12.3 Å². The van der Waals surface area contributed by atoms with E-state index in [1.54, 1.807) is 11.8 Å². The van der Waals surface area contributed by atoms with Crippen molar-refractivity contribution >= 4 is 11.8 Å². The first-order chi connectivity index (χ1) is 3.27. The van der Waals surface area contributed by atoms with E-state index >= 15 is 0 Å². The second-order valence-electron chi connectivity index (χ2n) is 1.31. The highest BCUT2D eigenvalue weighted by molar-refractivity contribution is 7.98. The molecular weight excluding hydrogens is 108 g/mol. The average Bonchev–Trinajstić information content (AvgIpc) is 1.61. The third kappa shape index (κ3) is 5.89. The Bertz CT molecular complexity index is 61.1. The van der Waals surface area contributed by atoms with Gasteiger partial charge in [0, 0.05) is 6.42 Å². The van der Waals surface area contributed by atoms with Gasteiger partial charge in [0.05, 0.1) is 5.76 Å². The highest BCUT2D eigenvalue weighted by Gasteiger charge is 1.84. The Morgan fingerprint density at radius 2 is 2.43 bits per heavy atom. The standard InChI is InChI=1S/C5H10OS/c1-5(6)3-4-7-2/h6H,1,3-4H2,2H3. The molecule has 0 atom stereocenters. The summed E-state index contributed by atoms with van der Waals surface area (Å²) in [5.74, 6) is 1.25. The summed E-state index contributed by atoms with van der Waals surface area (Å²) in [4.78, 5) is 0. The normalized spacial score (nSPS) is 8.71. The third-order valence-electron chi connectivity index (χ3n) is 0.595. The summed E-state index contributed by atoms with van der Waals surface area (Å²) < 4.78 is 0. The van der Waals surface area contributed by atoms with Gasteiger partial charge in [-0.15, -0.1) is 0 Å². The smallest absolute Gasteiger partial charge is 0.0859 e. The van der Waals surface area contributed by atoms with Crippen molar-refractivity contribution in [2.45, 2.75) is 6.42 Å². The predicted octanol–water partition coefficient (Wildman–Crippen LogP) is 1.81. The zero-order chi connectivity index (χ0) is 5.70. The first-order valence-corrected chi connectivity index (χ1v) is 3.52. The van der Waals surface area contributed by atoms with Crippen molar-refractivity contribution in [2.75, 3.05) is 12.0 Å². The van der Waals surface area contributed by atoms with Gasteiger partial charge in [-0.2, -0.15) is 11.8 Å². The second-order valence-corrected chi connectivity index (χ2v) is 2.29. The fourth-order valence-corrected chi connectivity index (χ4v) is 0.660. The van der Waals surface area contributed by atoms with Crippen LogP contribution in [0.5, 0.6) is 0 Å². The van der Waals surface area contributed by atoms with Gasteiger partial charge in [-0.05, 0) is 12.0 Å². The first kappa shape index (κ1) is 6.89. The molecule has 0 fully saturated rings. The van der Waals surface area contributed by atoms with Gasteiger partial charge in [-0.3, -0.25) is 0 Å². The minimum absolute atomic E-state index is 0.286. The van der Waals surface area contributed by atoms with E-state index in [1.165, 1.54) is 0 Å². The van der Waals surface area contributed by atoms with Crippen LogP contribution in [0, 0.1) is 0 Å². The van der Waals surface area contributed by atoms with E-state index in [1.807, 2.05) is 6.26 Å². The lowest BCUT2D eigenvalue weighted by Gasteiger charge is -1.91. The second kappa shape index (κ2) is 4.06. The van der Waals surface area contributed by atoms with Crippen LogP contribution in [0.4, 0.5) is 0 Å². The largest absolute Gasteiger partial charge is 0.513 e. The predicted molar refractivity (Wildman–Crippen MR) is 34.8 cm³/mol. The Kier molecular flexibility index (Phi) is 4.00. The number of allylic oxidation sites excluding steroid dienone is 1. The summed E-state index contributed by atoms with van der Waals surface area (Å²) in [7, 11) is 0. The minimum Gasteiger partial charge on any atom is -0.513 e. The number of thioether (sulfide) groups is 1. The lowest BCUT2D eigenvalue weighted by molar-refractivity contribution is 0.399. The lowest BCUT2D eigenvalue weighted by Crippen LogP contribution is -1.79. The summed E-state index contributed by atoms with van der Waals surface area (Å²) in [6.07, 6.45) is 2.73. The molecule has 0 aliphatic carbocycles. The fraction of sp³-hybridized carbons (Fsp3) is 0.600. The monoisotopic (exact) mass is 118 g/mol. The Balaban J connectivity index is 2.82. The Labute approximate surface area is 48.4 Å². The molecule has 0 aromatic carbocycles. The van der Waals surface area contributed by atoms with E-state index in [0.717, 1.165) is 12.2 Å². The lowest BCUT2D eigenvalue weighted by atomic mass is 10.4. The molecule has 0 spiro atoms. The molecule has 42 valence electrons. The van der Waals surface area contributed by atoms with Crippen LogP contribution in [-0.4, -0.2) is 17.1 Å². The number of hydrogen-bond donors (Lipinski definition) is 1. The molecule has 0 aliphatic rings. The van der Waals surface area contributed by atoms with Gasteiger partial charge in [0.25, 0.3) is 0 Å². The molecule has 0 aliphatic heterocycles. The van der Waals surface area contributed by atoms with E-state index in [0.29, 0.717) is 0 Å². The van der Waals surface area contributed by atoms with Gasteiger partial charge >= 0.3 is 0 Å². The first-order valence-electron chi connectivity index (χ1n) is 2.13. The summed E-state index contributed by atoms with van der Waals surface area (Å²) in [5.41, 5.74) is 0. The van der Waals surface area contributed by atoms with Gasteiger partial charge in [-0.1, -0.05) is 6.58 Å². The molecule has 0 aromatic heterocycles. The highest BCUT2D eigenvalue weighted by atomic mass is 32.2. The highest BCUT2D eigenvalue weighted by Crippen LogP contribution is 1.99. The van der Waals surface area contributed by atoms with Gasteiger partial charge in [0.15, 0.2) is 0 Å². The van der Waals surface area contributed by atoms with Gasteiger partial charge < -0.3 is 5.11 Å². The van der Waals surface area contributed by atoms with Crippen LogP contribution in [-0.2, 0) is 0 Å². The topological polar surface area (TPSA) is 20.2 Å². The summed E-state index contributed by atoms with van der Waals surface area (Å²) in [6, 6.07) is 0. The maximum Gasteiger partial charge on any atom is 0.0859 e. The third-order valence-corrected chi connectivity index (χ3v) is 1.21. The van der Waals surface area contributed by atoms with Crippen molar-refractivity contribution in [3.8, 4) is 0 Å². The van der Waals surface area contributed by atoms with E-state index in [2.05, 4.69) is 6.58 Å². The molecule has 1 nitrogen and oxygen atoms in total. The van der Waals surface area contributed by atoms with Crippen molar-refractivity contribution in [1.29, 1.82) is 0 Å². The summed E-state index contributed by atoms with van der Waals surface area (Å²) in [5, 5.41) is 8.48. The van der Waals surface area contributed by atoms with Gasteiger partial charge in [0.1, 0.15) is 0 Å². The van der Waals surface area contributed by atoms with E-state index in [4.69, 9.17) is 5.11 Å². The maximum absolute atomic E-state index is 8.48. The molecule has 0 amide bonds. The van der Waals surface area contributed by atoms with Crippen LogP contribution in [0.1, 0.15) is 6.42 Å². The maximum atomic E-state index is 8.48. The molecule has 7 heavy (non-hydrogen) atoms. The fourth-order valence-electron chi connectivity index (χ4n) is 0.220. The zero-order valence-corrected chi connectivity index (χ0v) is 5.29. The van der Waals surface area contributed by atoms with Crippen LogP contribution in [0.25, 0.3) is 0 Å². The van der Waals surface area contributed by atoms with Crippen molar-refractivity contribution < 1.29 is 5.11 Å². The molecule has 2 heteroatoms. The minimum atomic E-state index is 0.286. The quantitative estimate of drug-likeness (QED) is 0.570. The summed E-state index contributed by atoms with van der Waals surface area (Å²) >= 11 is 1.71. The molecule has 0 rings (SSSR count). The average molecular weight is 118 g/mol. The molecule has 0 bridgehead atoms. The van der Waals surface area contributed by atoms with E-state index < -0.39 is 0 Å². The SMILES string of the molecule is C=C(O)CCSC. The molecule has 0 aromatic rings. The van der Waals surface area contributed by atoms with Crippen molar-refractivity contribution in [2.24, 2.45) is 0 Å². The summed E-state index contributed by atoms with van der Waals surface area (Å²) in [6.45, 7) is 3.33. The van der Waals surface area contributed by atoms with Gasteiger partial charge in [-0.25, -0.2) is 0 Å². The van der Waals surface area contributed by atoms with E-state index in [-0.39, 0.29) is 5.76 Å². The Morgan fingerprint density at radius 3 is 2.57 bits per heavy atom. The number of hydrogen-bond acceptors (Lipinski definition) is 2. The van der Waals surface area contributed by atoms with E-state index in [9.17, 15) is 0 Å². The van der Waals surface area contributed by atoms with Crippen LogP contribution in [0.15, 0.2) is 12.3 Å². The number of aliphatic hydroxyl groups excluding tert-OH is 1. The van der Waals surface area contributed by atoms with Crippen molar-refractivity contribution in [3.63, 3.8) is 0 Å². The van der Waals surface area contributed by atoms with Crippen LogP contribution >= 0.6 is 11.8 Å². The van der Waals surface area contributed by atoms with Crippen molar-refractivity contribution in [1.82, 2.24) is 0 Å². The van der Waals surface area contributed by atoms with Gasteiger partial charge in [0.2, 0.25) is 0 Å². The molecular formula is C5H10OS. The molecule has 0 saturated carbocycles. The molecule has 0 saturated heterocycles. The molecule has 0 radical (unpaired) electrons. The zero-order valence-electron chi connectivity index (χ0n) is 4.48. The number of aliphatic hydroxyl groups is 1. The van der Waals surface area contributed by atoms with Crippen LogP contribution in [0.3, 0.4) is 0 Å². The number of rotatable bonds is 3. The molecule has 1 N–H and O–H groups in total. The molecule has 0 heterocycles. The van der Waals surface area contributed by atoms with Crippen LogP contribution in [0.2, 0.25) is 0 Å². The molecule has 0 unspecified atom stereocenters. The Morgan fingerprint density at radius 1 is 1.86 bits per heavy atom. The van der Waals surface area contributed by atoms with Crippen LogP contribution < -0.4 is 0 Å².